The number of nitrogens with one attached hydrogen (secondary N) is 1. The zero-order valence-corrected chi connectivity index (χ0v) is 14.4. The van der Waals surface area contributed by atoms with E-state index in [2.05, 4.69) is 19.2 Å². The minimum atomic E-state index is -0.134. The van der Waals surface area contributed by atoms with E-state index in [1.165, 1.54) is 17.7 Å². The fourth-order valence-electron chi connectivity index (χ4n) is 2.99. The predicted octanol–water partition coefficient (Wildman–Crippen LogP) is 3.59. The Morgan fingerprint density at radius 2 is 2.05 bits per heavy atom. The first-order chi connectivity index (χ1) is 10.3. The van der Waals surface area contributed by atoms with Crippen molar-refractivity contribution in [2.24, 2.45) is 0 Å². The van der Waals surface area contributed by atoms with Crippen LogP contribution in [0, 0.1) is 0 Å². The van der Waals surface area contributed by atoms with Gasteiger partial charge in [-0.1, -0.05) is 19.8 Å². The molecule has 5 heteroatoms. The zero-order valence-electron chi connectivity index (χ0n) is 13.5. The molecule has 0 radical (unpaired) electrons. The monoisotopic (exact) mass is 312 g/mol. The Bertz CT molecular complexity index is 428. The van der Waals surface area contributed by atoms with Crippen LogP contribution < -0.4 is 5.32 Å². The highest BCUT2D eigenvalue weighted by molar-refractivity contribution is 7.11. The number of hydrogen-bond acceptors (Lipinski definition) is 5. The summed E-state index contributed by atoms with van der Waals surface area (Å²) in [6, 6.07) is 0. The minimum Gasteiger partial charge on any atom is -0.378 e. The smallest absolute Gasteiger partial charge is 0.125 e. The van der Waals surface area contributed by atoms with E-state index in [1.807, 2.05) is 11.3 Å². The molecule has 0 atom stereocenters. The van der Waals surface area contributed by atoms with Crippen LogP contribution in [0.2, 0.25) is 0 Å². The number of rotatable bonds is 9. The number of nitrogens with zero attached hydrogens (tertiary/aromatic N) is 1. The molecule has 0 amide bonds. The fraction of sp³-hybridized carbons (Fsp3) is 0.812. The second-order valence-electron chi connectivity index (χ2n) is 5.63. The van der Waals surface area contributed by atoms with Crippen molar-refractivity contribution in [3.05, 3.63) is 15.6 Å². The van der Waals surface area contributed by atoms with Crippen LogP contribution in [0.5, 0.6) is 0 Å². The van der Waals surface area contributed by atoms with E-state index >= 15 is 0 Å². The van der Waals surface area contributed by atoms with Gasteiger partial charge < -0.3 is 14.8 Å². The van der Waals surface area contributed by atoms with E-state index < -0.39 is 0 Å². The first-order valence-corrected chi connectivity index (χ1v) is 8.90. The maximum Gasteiger partial charge on any atom is 0.125 e. The molecule has 120 valence electrons. The van der Waals surface area contributed by atoms with Gasteiger partial charge in [0.25, 0.3) is 0 Å². The van der Waals surface area contributed by atoms with Gasteiger partial charge in [0.05, 0.1) is 12.3 Å². The lowest BCUT2D eigenvalue weighted by atomic mass is 10.0. The van der Waals surface area contributed by atoms with Crippen LogP contribution in [-0.4, -0.2) is 25.2 Å². The van der Waals surface area contributed by atoms with Gasteiger partial charge in [0.1, 0.15) is 10.6 Å². The summed E-state index contributed by atoms with van der Waals surface area (Å²) in [5.41, 5.74) is 0.942. The molecular formula is C16H28N2O2S. The van der Waals surface area contributed by atoms with Crippen molar-refractivity contribution in [1.82, 2.24) is 10.3 Å². The lowest BCUT2D eigenvalue weighted by molar-refractivity contribution is -0.0393. The molecule has 21 heavy (non-hydrogen) atoms. The Hall–Kier alpha value is -0.490. The van der Waals surface area contributed by atoms with Crippen molar-refractivity contribution < 1.29 is 9.47 Å². The molecule has 1 heterocycles. The van der Waals surface area contributed by atoms with Gasteiger partial charge in [0, 0.05) is 25.1 Å². The van der Waals surface area contributed by atoms with Crippen molar-refractivity contribution in [3.8, 4) is 0 Å². The van der Waals surface area contributed by atoms with Crippen molar-refractivity contribution >= 4 is 11.3 Å². The van der Waals surface area contributed by atoms with Gasteiger partial charge in [0.2, 0.25) is 0 Å². The highest BCUT2D eigenvalue weighted by Crippen LogP contribution is 2.44. The summed E-state index contributed by atoms with van der Waals surface area (Å²) in [5.74, 6) is 0. The molecule has 1 fully saturated rings. The molecule has 1 aliphatic carbocycles. The first kappa shape index (κ1) is 16.9. The molecule has 0 spiro atoms. The first-order valence-electron chi connectivity index (χ1n) is 8.08. The van der Waals surface area contributed by atoms with Crippen molar-refractivity contribution in [2.75, 3.05) is 20.3 Å². The van der Waals surface area contributed by atoms with Gasteiger partial charge in [-0.25, -0.2) is 4.98 Å². The molecule has 1 aliphatic rings. The van der Waals surface area contributed by atoms with Crippen LogP contribution in [-0.2, 0) is 28.2 Å². The summed E-state index contributed by atoms with van der Waals surface area (Å²) in [6.45, 7) is 7.52. The molecule has 2 rings (SSSR count). The highest BCUT2D eigenvalue weighted by atomic mass is 32.1. The average molecular weight is 312 g/mol. The average Bonchev–Trinajstić information content (AvgIpc) is 3.09. The van der Waals surface area contributed by atoms with Crippen LogP contribution in [0.1, 0.15) is 61.5 Å². The predicted molar refractivity (Wildman–Crippen MR) is 86.6 cm³/mol. The van der Waals surface area contributed by atoms with Crippen molar-refractivity contribution in [3.63, 3.8) is 0 Å². The Morgan fingerprint density at radius 1 is 1.29 bits per heavy atom. The van der Waals surface area contributed by atoms with Gasteiger partial charge in [-0.2, -0.15) is 0 Å². The number of thiazole rings is 1. The molecule has 0 saturated heterocycles. The molecule has 0 unspecified atom stereocenters. The number of ether oxygens (including phenoxy) is 2. The second-order valence-corrected chi connectivity index (χ2v) is 6.72. The number of methoxy groups -OCH3 is 1. The third kappa shape index (κ3) is 4.03. The van der Waals surface area contributed by atoms with Gasteiger partial charge in [0.15, 0.2) is 0 Å². The largest absolute Gasteiger partial charge is 0.378 e. The van der Waals surface area contributed by atoms with E-state index in [0.717, 1.165) is 49.7 Å². The molecule has 0 aliphatic heterocycles. The Balaban J connectivity index is 2.20. The maximum atomic E-state index is 6.14. The lowest BCUT2D eigenvalue weighted by Crippen LogP contribution is -2.26. The molecule has 0 bridgehead atoms. The molecule has 1 N–H and O–H groups in total. The summed E-state index contributed by atoms with van der Waals surface area (Å²) >= 11 is 1.81. The van der Waals surface area contributed by atoms with Crippen molar-refractivity contribution in [2.45, 2.75) is 64.7 Å². The summed E-state index contributed by atoms with van der Waals surface area (Å²) in [6.07, 6.45) is 5.82. The van der Waals surface area contributed by atoms with Crippen LogP contribution in [0.3, 0.4) is 0 Å². The topological polar surface area (TPSA) is 43.4 Å². The Morgan fingerprint density at radius 3 is 2.67 bits per heavy atom. The van der Waals surface area contributed by atoms with Crippen LogP contribution >= 0.6 is 11.3 Å². The summed E-state index contributed by atoms with van der Waals surface area (Å²) in [4.78, 5) is 6.18. The third-order valence-corrected chi connectivity index (χ3v) is 5.28. The van der Waals surface area contributed by atoms with Crippen LogP contribution in [0.4, 0.5) is 0 Å². The minimum absolute atomic E-state index is 0.134. The normalized spacial score (nSPS) is 17.5. The van der Waals surface area contributed by atoms with Gasteiger partial charge in [-0.15, -0.1) is 11.3 Å². The van der Waals surface area contributed by atoms with E-state index in [0.29, 0.717) is 6.61 Å². The fourth-order valence-corrected chi connectivity index (χ4v) is 4.22. The third-order valence-electron chi connectivity index (χ3n) is 3.99. The summed E-state index contributed by atoms with van der Waals surface area (Å²) in [7, 11) is 1.73. The standard InChI is InChI=1S/C16H28N2O2S/c1-4-10-17-11-14-13(12-19-3)18-15(21-14)16(20-5-2)8-6-7-9-16/h17H,4-12H2,1-3H3. The Labute approximate surface area is 132 Å². The lowest BCUT2D eigenvalue weighted by Gasteiger charge is -2.26. The quantitative estimate of drug-likeness (QED) is 0.708. The van der Waals surface area contributed by atoms with Crippen LogP contribution in [0.25, 0.3) is 0 Å². The molecule has 1 aromatic rings. The van der Waals surface area contributed by atoms with E-state index in [1.54, 1.807) is 7.11 Å². The molecule has 0 aromatic carbocycles. The van der Waals surface area contributed by atoms with Crippen LogP contribution in [0.15, 0.2) is 0 Å². The zero-order chi connectivity index (χ0) is 15.1. The summed E-state index contributed by atoms with van der Waals surface area (Å²) in [5, 5.41) is 4.63. The SMILES string of the molecule is CCCNCc1sc(C2(OCC)CCCC2)nc1COC. The van der Waals surface area contributed by atoms with E-state index in [9.17, 15) is 0 Å². The summed E-state index contributed by atoms with van der Waals surface area (Å²) < 4.78 is 11.5. The maximum absolute atomic E-state index is 6.14. The molecule has 1 saturated carbocycles. The number of aromatic nitrogens is 1. The second kappa shape index (κ2) is 8.22. The Kier molecular flexibility index (Phi) is 6.61. The van der Waals surface area contributed by atoms with Gasteiger partial charge >= 0.3 is 0 Å². The number of hydrogen-bond donors (Lipinski definition) is 1. The molecular weight excluding hydrogens is 284 g/mol. The molecule has 1 aromatic heterocycles. The molecule has 4 nitrogen and oxygen atoms in total. The van der Waals surface area contributed by atoms with Crippen molar-refractivity contribution in [1.29, 1.82) is 0 Å². The van der Waals surface area contributed by atoms with E-state index in [4.69, 9.17) is 14.5 Å². The highest BCUT2D eigenvalue weighted by Gasteiger charge is 2.39. The van der Waals surface area contributed by atoms with E-state index in [-0.39, 0.29) is 5.60 Å². The van der Waals surface area contributed by atoms with Gasteiger partial charge in [-0.3, -0.25) is 0 Å². The van der Waals surface area contributed by atoms with Gasteiger partial charge in [-0.05, 0) is 32.7 Å².